The number of benzene rings is 2. The van der Waals surface area contributed by atoms with Crippen LogP contribution in [0.25, 0.3) is 22.8 Å². The molecule has 0 spiro atoms. The molecule has 2 aromatic carbocycles. The maximum Gasteiger partial charge on any atom is 0.268 e. The van der Waals surface area contributed by atoms with E-state index in [2.05, 4.69) is 33.6 Å². The zero-order chi connectivity index (χ0) is 42.9. The van der Waals surface area contributed by atoms with Crippen molar-refractivity contribution < 1.29 is 38.9 Å². The number of likely N-dealkylation sites (N-methyl/N-ethyl adjacent to an activating group) is 2. The molecule has 2 saturated carbocycles. The molecule has 6 N–H and O–H groups in total. The Morgan fingerprint density at radius 1 is 0.667 bits per heavy atom. The molecule has 2 fully saturated rings. The van der Waals surface area contributed by atoms with Crippen molar-refractivity contribution in [3.8, 4) is 58.0 Å². The quantitative estimate of drug-likeness (QED) is 0.220. The molecule has 8 rings (SSSR count). The number of imidazole rings is 2. The minimum absolute atomic E-state index is 0.116. The molecule has 0 radical (unpaired) electrons. The average molecular weight is 817 g/mol. The summed E-state index contributed by atoms with van der Waals surface area (Å²) >= 11 is 0. The topological polar surface area (TPSA) is 221 Å². The van der Waals surface area contributed by atoms with E-state index in [1.807, 2.05) is 0 Å². The van der Waals surface area contributed by atoms with E-state index < -0.39 is 35.2 Å². The van der Waals surface area contributed by atoms with Gasteiger partial charge in [0, 0.05) is 51.7 Å². The Morgan fingerprint density at radius 3 is 1.37 bits per heavy atom. The number of hydrogen-bond acceptors (Lipinski definition) is 10. The second-order valence-electron chi connectivity index (χ2n) is 16.0. The highest BCUT2D eigenvalue weighted by Gasteiger charge is 2.33. The highest BCUT2D eigenvalue weighted by molar-refractivity contribution is 5.92. The normalized spacial score (nSPS) is 18.8. The zero-order valence-electron chi connectivity index (χ0n) is 34.0. The molecule has 2 aliphatic heterocycles. The van der Waals surface area contributed by atoms with Gasteiger partial charge in [0.2, 0.25) is 0 Å². The molecule has 16 nitrogen and oxygen atoms in total. The van der Waals surface area contributed by atoms with Crippen LogP contribution in [0.2, 0.25) is 0 Å². The summed E-state index contributed by atoms with van der Waals surface area (Å²) < 4.78 is 15.4. The Hall–Kier alpha value is -6.62. The predicted octanol–water partition coefficient (Wildman–Crippen LogP) is 2.31. The van der Waals surface area contributed by atoms with Crippen LogP contribution in [0.15, 0.2) is 48.8 Å². The summed E-state index contributed by atoms with van der Waals surface area (Å²) in [5.41, 5.74) is 11.8. The molecule has 4 amide bonds. The number of fused-ring (bicyclic) bond motifs is 6. The maximum absolute atomic E-state index is 12.6. The Labute approximate surface area is 347 Å². The number of nitrogens with zero attached hydrogens (tertiary/aromatic N) is 6. The van der Waals surface area contributed by atoms with Gasteiger partial charge in [0.15, 0.2) is 12.2 Å². The minimum Gasteiger partial charge on any atom is -0.478 e. The molecule has 312 valence electrons. The Bertz CT molecular complexity index is 2310. The van der Waals surface area contributed by atoms with E-state index in [1.54, 1.807) is 73.7 Å². The first-order valence-electron chi connectivity index (χ1n) is 19.8. The van der Waals surface area contributed by atoms with Crippen LogP contribution in [0.4, 0.5) is 0 Å². The fraction of sp³-hybridized carbons (Fsp3) is 0.409. The number of aromatic nitrogens is 4. The second-order valence-corrected chi connectivity index (χ2v) is 16.0. The van der Waals surface area contributed by atoms with Crippen molar-refractivity contribution in [1.82, 2.24) is 28.9 Å². The summed E-state index contributed by atoms with van der Waals surface area (Å²) in [5, 5.41) is 21.0. The van der Waals surface area contributed by atoms with Gasteiger partial charge in [0.05, 0.1) is 24.2 Å². The summed E-state index contributed by atoms with van der Waals surface area (Å²) in [6.07, 6.45) is 8.10. The smallest absolute Gasteiger partial charge is 0.268 e. The van der Waals surface area contributed by atoms with Gasteiger partial charge in [-0.25, -0.2) is 9.97 Å². The summed E-state index contributed by atoms with van der Waals surface area (Å²) in [6.45, 7) is 0.393. The molecule has 2 atom stereocenters. The molecule has 1 unspecified atom stereocenters. The van der Waals surface area contributed by atoms with Crippen molar-refractivity contribution in [3.63, 3.8) is 0 Å². The summed E-state index contributed by atoms with van der Waals surface area (Å²) in [6, 6.07) is 10.6. The molecule has 2 aliphatic carbocycles. The Morgan fingerprint density at radius 2 is 1.03 bits per heavy atom. The van der Waals surface area contributed by atoms with Crippen LogP contribution in [0.3, 0.4) is 0 Å². The number of amides is 4. The van der Waals surface area contributed by atoms with Crippen molar-refractivity contribution in [2.45, 2.75) is 87.9 Å². The van der Waals surface area contributed by atoms with E-state index in [9.17, 15) is 29.4 Å². The van der Waals surface area contributed by atoms with Gasteiger partial charge in [-0.1, -0.05) is 23.7 Å². The van der Waals surface area contributed by atoms with Crippen molar-refractivity contribution in [3.05, 3.63) is 71.3 Å². The van der Waals surface area contributed by atoms with Gasteiger partial charge in [-0.15, -0.1) is 0 Å². The molecule has 2 aromatic heterocycles. The van der Waals surface area contributed by atoms with Gasteiger partial charge >= 0.3 is 0 Å². The number of aliphatic hydroxyl groups is 2. The lowest BCUT2D eigenvalue weighted by molar-refractivity contribution is -0.137. The largest absolute Gasteiger partial charge is 0.478 e. The van der Waals surface area contributed by atoms with E-state index >= 15 is 0 Å². The lowest BCUT2D eigenvalue weighted by Crippen LogP contribution is -2.39. The molecule has 0 bridgehead atoms. The van der Waals surface area contributed by atoms with Gasteiger partial charge in [-0.3, -0.25) is 19.2 Å². The first kappa shape index (κ1) is 41.5. The molecule has 60 heavy (non-hydrogen) atoms. The second kappa shape index (κ2) is 16.6. The van der Waals surface area contributed by atoms with Gasteiger partial charge in [0.25, 0.3) is 23.6 Å². The number of carbonyl (C=O) groups is 4. The van der Waals surface area contributed by atoms with E-state index in [0.29, 0.717) is 71.1 Å². The van der Waals surface area contributed by atoms with Crippen molar-refractivity contribution >= 4 is 23.6 Å². The van der Waals surface area contributed by atoms with E-state index in [0.717, 1.165) is 25.7 Å². The number of rotatable bonds is 4. The average Bonchev–Trinajstić information content (AvgIpc) is 4.01. The predicted molar refractivity (Wildman–Crippen MR) is 219 cm³/mol. The number of primary amides is 2. The van der Waals surface area contributed by atoms with Crippen molar-refractivity contribution in [1.29, 1.82) is 0 Å². The number of carbonyl (C=O) groups excluding carboxylic acids is 4. The fourth-order valence-corrected chi connectivity index (χ4v) is 7.67. The van der Waals surface area contributed by atoms with E-state index in [1.165, 1.54) is 22.2 Å². The third-order valence-electron chi connectivity index (χ3n) is 10.9. The lowest BCUT2D eigenvalue weighted by atomic mass is 10.0. The fourth-order valence-electron chi connectivity index (χ4n) is 7.67. The SMILES string of the molecule is CN(C)C(=O)C1Cn2cc(C(N)=O)nc2-c2cc(C#CC3(O)CCCC3)ccc2O1.CN(C)C(=O)[C@H]1Cn2cc(C(N)=O)nc2-c2cc(C#CC3(O)CCCC3)ccc2O1. The number of nitrogens with two attached hydrogens (primary N) is 2. The minimum atomic E-state index is -0.940. The van der Waals surface area contributed by atoms with Gasteiger partial charge in [0.1, 0.15) is 45.7 Å². The standard InChI is InChI=1S/2C22H24N4O4/c2*1-25(2)21(28)18-13-26-12-16(19(23)27)24-20(26)15-11-14(5-6-17(15)30-18)7-10-22(29)8-3-4-9-22/h2*5-6,11-12,18,29H,3-4,8-9,13H2,1-2H3,(H2,23,27)/t18-;/m1./s1. The van der Waals surface area contributed by atoms with Crippen molar-refractivity contribution in [2.24, 2.45) is 11.5 Å². The highest BCUT2D eigenvalue weighted by Crippen LogP contribution is 2.37. The maximum atomic E-state index is 12.6. The molecule has 0 saturated heterocycles. The molecule has 4 aliphatic rings. The lowest BCUT2D eigenvalue weighted by Gasteiger charge is -2.20. The van der Waals surface area contributed by atoms with Crippen LogP contribution in [0, 0.1) is 23.7 Å². The van der Waals surface area contributed by atoms with Gasteiger partial charge in [-0.2, -0.15) is 0 Å². The Balaban J connectivity index is 0.000000181. The molecule has 4 heterocycles. The zero-order valence-corrected chi connectivity index (χ0v) is 34.0. The van der Waals surface area contributed by atoms with Gasteiger partial charge < -0.3 is 50.1 Å². The highest BCUT2D eigenvalue weighted by atomic mass is 16.5. The van der Waals surface area contributed by atoms with E-state index in [-0.39, 0.29) is 36.3 Å². The first-order chi connectivity index (χ1) is 28.5. The number of hydrogen-bond donors (Lipinski definition) is 4. The third kappa shape index (κ3) is 8.85. The summed E-state index contributed by atoms with van der Waals surface area (Å²) in [5.74, 6) is 12.3. The van der Waals surface area contributed by atoms with Gasteiger partial charge in [-0.05, 0) is 87.8 Å². The third-order valence-corrected chi connectivity index (χ3v) is 10.9. The number of ether oxygens (including phenoxy) is 2. The first-order valence-corrected chi connectivity index (χ1v) is 19.8. The van der Waals surface area contributed by atoms with Crippen LogP contribution >= 0.6 is 0 Å². The van der Waals surface area contributed by atoms with Crippen LogP contribution < -0.4 is 20.9 Å². The van der Waals surface area contributed by atoms with Crippen LogP contribution in [-0.4, -0.2) is 114 Å². The van der Waals surface area contributed by atoms with Crippen LogP contribution in [0.5, 0.6) is 11.5 Å². The monoisotopic (exact) mass is 816 g/mol. The molecular weight excluding hydrogens is 769 g/mol. The van der Waals surface area contributed by atoms with Crippen LogP contribution in [-0.2, 0) is 22.7 Å². The van der Waals surface area contributed by atoms with E-state index in [4.69, 9.17) is 20.9 Å². The summed E-state index contributed by atoms with van der Waals surface area (Å²) in [7, 11) is 6.64. The Kier molecular flexibility index (Phi) is 11.5. The molecular formula is C44H48N8O8. The summed E-state index contributed by atoms with van der Waals surface area (Å²) in [4.78, 5) is 60.2. The molecule has 4 aromatic rings. The molecule has 16 heteroatoms. The van der Waals surface area contributed by atoms with Crippen molar-refractivity contribution in [2.75, 3.05) is 28.2 Å². The van der Waals surface area contributed by atoms with Crippen LogP contribution in [0.1, 0.15) is 83.5 Å².